The zero-order valence-electron chi connectivity index (χ0n) is 5.99. The second kappa shape index (κ2) is 2.58. The van der Waals surface area contributed by atoms with Gasteiger partial charge in [-0.05, 0) is 30.4 Å². The molecule has 2 heteroatoms. The zero-order valence-corrected chi connectivity index (χ0v) is 5.99. The van der Waals surface area contributed by atoms with Crippen LogP contribution in [0.25, 0.3) is 6.08 Å². The predicted octanol–water partition coefficient (Wildman–Crippen LogP) is 2.00. The number of hydrogen-bond donors (Lipinski definition) is 1. The van der Waals surface area contributed by atoms with Crippen LogP contribution in [0.2, 0.25) is 0 Å². The molecule has 0 saturated heterocycles. The minimum absolute atomic E-state index is 0.993. The van der Waals surface area contributed by atoms with Crippen molar-refractivity contribution in [3.05, 3.63) is 41.9 Å². The van der Waals surface area contributed by atoms with Gasteiger partial charge in [-0.15, -0.1) is 0 Å². The van der Waals surface area contributed by atoms with Gasteiger partial charge >= 0.3 is 0 Å². The summed E-state index contributed by atoms with van der Waals surface area (Å²) in [5.74, 6) is 0. The Balaban J connectivity index is 2.28. The summed E-state index contributed by atoms with van der Waals surface area (Å²) in [4.78, 5) is 7.20. The largest absolute Gasteiger partial charge is 0.362 e. The predicted molar refractivity (Wildman–Crippen MR) is 46.4 cm³/mol. The summed E-state index contributed by atoms with van der Waals surface area (Å²) in [7, 11) is 0. The molecule has 1 N–H and O–H groups in total. The topological polar surface area (TPSA) is 28.1 Å². The van der Waals surface area contributed by atoms with Crippen molar-refractivity contribution in [2.75, 3.05) is 0 Å². The lowest BCUT2D eigenvalue weighted by atomic mass is 10.3. The summed E-state index contributed by atoms with van der Waals surface area (Å²) in [6, 6.07) is 3.98. The Hall–Kier alpha value is -1.57. The van der Waals surface area contributed by atoms with Gasteiger partial charge in [0.25, 0.3) is 0 Å². The smallest absolute Gasteiger partial charge is 0.0650 e. The van der Waals surface area contributed by atoms with Crippen LogP contribution in [-0.4, -0.2) is 11.2 Å². The van der Waals surface area contributed by atoms with Gasteiger partial charge in [-0.3, -0.25) is 4.99 Å². The van der Waals surface area contributed by atoms with E-state index in [0.29, 0.717) is 0 Å². The highest BCUT2D eigenvalue weighted by Crippen LogP contribution is 2.09. The molecule has 2 heterocycles. The van der Waals surface area contributed by atoms with Crippen molar-refractivity contribution in [3.63, 3.8) is 0 Å². The first-order valence-corrected chi connectivity index (χ1v) is 3.51. The van der Waals surface area contributed by atoms with Crippen molar-refractivity contribution < 1.29 is 0 Å². The van der Waals surface area contributed by atoms with Gasteiger partial charge in [-0.1, -0.05) is 0 Å². The molecule has 0 atom stereocenters. The van der Waals surface area contributed by atoms with E-state index in [1.54, 1.807) is 6.21 Å². The lowest BCUT2D eigenvalue weighted by Crippen LogP contribution is -1.70. The summed E-state index contributed by atoms with van der Waals surface area (Å²) in [5.41, 5.74) is 2.08. The van der Waals surface area contributed by atoms with Crippen molar-refractivity contribution in [2.24, 2.45) is 4.99 Å². The molecule has 2 nitrogen and oxygen atoms in total. The number of aromatic amines is 1. The highest BCUT2D eigenvalue weighted by atomic mass is 14.7. The van der Waals surface area contributed by atoms with E-state index in [-0.39, 0.29) is 0 Å². The molecule has 1 aromatic heterocycles. The Kier molecular flexibility index (Phi) is 1.44. The van der Waals surface area contributed by atoms with Crippen molar-refractivity contribution in [3.8, 4) is 0 Å². The standard InChI is InChI=1S/C9H8N2/c1-3-8(10-5-1)7-9-4-2-6-11-9/h1-7,10H. The van der Waals surface area contributed by atoms with Crippen LogP contribution in [0.15, 0.2) is 41.2 Å². The minimum Gasteiger partial charge on any atom is -0.362 e. The molecule has 0 spiro atoms. The quantitative estimate of drug-likeness (QED) is 0.624. The van der Waals surface area contributed by atoms with Crippen LogP contribution >= 0.6 is 0 Å². The maximum atomic E-state index is 4.12. The maximum absolute atomic E-state index is 4.12. The molecule has 0 bridgehead atoms. The third-order valence-electron chi connectivity index (χ3n) is 1.50. The van der Waals surface area contributed by atoms with Crippen LogP contribution in [0.1, 0.15) is 5.69 Å². The molecule has 54 valence electrons. The third-order valence-corrected chi connectivity index (χ3v) is 1.50. The zero-order chi connectivity index (χ0) is 7.52. The molecule has 1 aliphatic rings. The molecule has 0 aromatic carbocycles. The first kappa shape index (κ1) is 6.16. The summed E-state index contributed by atoms with van der Waals surface area (Å²) in [6.45, 7) is 0. The fourth-order valence-corrected chi connectivity index (χ4v) is 0.992. The van der Waals surface area contributed by atoms with Gasteiger partial charge < -0.3 is 4.98 Å². The molecular formula is C9H8N2. The van der Waals surface area contributed by atoms with Crippen LogP contribution in [0.5, 0.6) is 0 Å². The number of hydrogen-bond acceptors (Lipinski definition) is 1. The van der Waals surface area contributed by atoms with Crippen molar-refractivity contribution in [1.82, 2.24) is 4.98 Å². The first-order valence-electron chi connectivity index (χ1n) is 3.51. The average Bonchev–Trinajstić information content (AvgIpc) is 2.60. The first-order chi connectivity index (χ1) is 5.45. The lowest BCUT2D eigenvalue weighted by molar-refractivity contribution is 1.36. The average molecular weight is 144 g/mol. The number of rotatable bonds is 1. The van der Waals surface area contributed by atoms with E-state index in [1.807, 2.05) is 36.6 Å². The molecule has 0 unspecified atom stereocenters. The van der Waals surface area contributed by atoms with E-state index < -0.39 is 0 Å². The molecule has 0 radical (unpaired) electrons. The molecular weight excluding hydrogens is 136 g/mol. The van der Waals surface area contributed by atoms with E-state index in [2.05, 4.69) is 9.98 Å². The van der Waals surface area contributed by atoms with Gasteiger partial charge in [-0.2, -0.15) is 0 Å². The number of aliphatic imine (C=N–C) groups is 1. The number of nitrogens with zero attached hydrogens (tertiary/aromatic N) is 1. The van der Waals surface area contributed by atoms with Gasteiger partial charge in [0.15, 0.2) is 0 Å². The number of H-pyrrole nitrogens is 1. The highest BCUT2D eigenvalue weighted by molar-refractivity contribution is 5.79. The SMILES string of the molecule is C1=CC(=Cc2ccc[nH]2)N=C1. The van der Waals surface area contributed by atoms with Crippen LogP contribution in [0, 0.1) is 0 Å². The fraction of sp³-hybridized carbons (Fsp3) is 0. The molecule has 0 amide bonds. The van der Waals surface area contributed by atoms with E-state index in [4.69, 9.17) is 0 Å². The van der Waals surface area contributed by atoms with Crippen molar-refractivity contribution >= 4 is 12.3 Å². The van der Waals surface area contributed by atoms with Crippen LogP contribution in [0.4, 0.5) is 0 Å². The van der Waals surface area contributed by atoms with Gasteiger partial charge in [0.2, 0.25) is 0 Å². The van der Waals surface area contributed by atoms with E-state index >= 15 is 0 Å². The van der Waals surface area contributed by atoms with Gasteiger partial charge in [0.05, 0.1) is 5.70 Å². The van der Waals surface area contributed by atoms with Gasteiger partial charge in [0, 0.05) is 18.1 Å². The molecule has 1 aromatic rings. The molecule has 11 heavy (non-hydrogen) atoms. The number of aromatic nitrogens is 1. The van der Waals surface area contributed by atoms with Crippen LogP contribution in [0.3, 0.4) is 0 Å². The third kappa shape index (κ3) is 1.29. The fourth-order valence-electron chi connectivity index (χ4n) is 0.992. The molecule has 0 saturated carbocycles. The Morgan fingerprint density at radius 1 is 1.45 bits per heavy atom. The Bertz CT molecular complexity index is 301. The second-order valence-electron chi connectivity index (χ2n) is 2.33. The van der Waals surface area contributed by atoms with E-state index in [9.17, 15) is 0 Å². The summed E-state index contributed by atoms with van der Waals surface area (Å²) >= 11 is 0. The Labute approximate surface area is 65.0 Å². The maximum Gasteiger partial charge on any atom is 0.0650 e. The molecule has 1 aliphatic heterocycles. The molecule has 0 aliphatic carbocycles. The minimum atomic E-state index is 0.993. The van der Waals surface area contributed by atoms with E-state index in [0.717, 1.165) is 11.4 Å². The van der Waals surface area contributed by atoms with E-state index in [1.165, 1.54) is 0 Å². The van der Waals surface area contributed by atoms with Gasteiger partial charge in [0.1, 0.15) is 0 Å². The molecule has 0 fully saturated rings. The Morgan fingerprint density at radius 2 is 2.45 bits per heavy atom. The summed E-state index contributed by atoms with van der Waals surface area (Å²) in [5, 5.41) is 0. The Morgan fingerprint density at radius 3 is 3.09 bits per heavy atom. The number of allylic oxidation sites excluding steroid dienone is 2. The summed E-state index contributed by atoms with van der Waals surface area (Å²) < 4.78 is 0. The lowest BCUT2D eigenvalue weighted by Gasteiger charge is -1.86. The van der Waals surface area contributed by atoms with Crippen LogP contribution < -0.4 is 0 Å². The van der Waals surface area contributed by atoms with Crippen molar-refractivity contribution in [1.29, 1.82) is 0 Å². The van der Waals surface area contributed by atoms with Crippen LogP contribution in [-0.2, 0) is 0 Å². The second-order valence-corrected chi connectivity index (χ2v) is 2.33. The summed E-state index contributed by atoms with van der Waals surface area (Å²) in [6.07, 6.45) is 9.58. The molecule has 2 rings (SSSR count). The highest BCUT2D eigenvalue weighted by Gasteiger charge is 1.93. The van der Waals surface area contributed by atoms with Crippen molar-refractivity contribution in [2.45, 2.75) is 0 Å². The van der Waals surface area contributed by atoms with Gasteiger partial charge in [-0.25, -0.2) is 0 Å². The normalized spacial score (nSPS) is 18.4. The monoisotopic (exact) mass is 144 g/mol. The number of nitrogens with one attached hydrogen (secondary N) is 1.